The van der Waals surface area contributed by atoms with Gasteiger partial charge in [-0.3, -0.25) is 4.79 Å². The fourth-order valence-electron chi connectivity index (χ4n) is 2.37. The zero-order valence-electron chi connectivity index (χ0n) is 14.3. The highest BCUT2D eigenvalue weighted by molar-refractivity contribution is 7.98. The molecule has 2 aromatic carbocycles. The zero-order chi connectivity index (χ0) is 17.0. The van der Waals surface area contributed by atoms with Crippen LogP contribution in [0.3, 0.4) is 0 Å². The van der Waals surface area contributed by atoms with Crippen LogP contribution in [0, 0.1) is 0 Å². The molecule has 0 saturated carbocycles. The normalized spacial score (nSPS) is 10.4. The molecule has 0 fully saturated rings. The van der Waals surface area contributed by atoms with Crippen molar-refractivity contribution in [2.45, 2.75) is 18.6 Å². The van der Waals surface area contributed by atoms with Crippen LogP contribution in [0.1, 0.15) is 18.4 Å². The molecule has 24 heavy (non-hydrogen) atoms. The molecule has 0 aliphatic rings. The lowest BCUT2D eigenvalue weighted by Gasteiger charge is -2.19. The third kappa shape index (κ3) is 7.09. The number of hydrogen-bond acceptors (Lipinski definition) is 3. The van der Waals surface area contributed by atoms with E-state index in [-0.39, 0.29) is 5.91 Å². The van der Waals surface area contributed by atoms with E-state index in [9.17, 15) is 4.79 Å². The average molecular weight is 343 g/mol. The van der Waals surface area contributed by atoms with E-state index in [1.54, 1.807) is 11.8 Å². The Morgan fingerprint density at radius 1 is 1.04 bits per heavy atom. The smallest absolute Gasteiger partial charge is 0.220 e. The van der Waals surface area contributed by atoms with Gasteiger partial charge in [-0.2, -0.15) is 11.8 Å². The van der Waals surface area contributed by atoms with Crippen LogP contribution in [-0.2, 0) is 10.5 Å². The highest BCUT2D eigenvalue weighted by atomic mass is 32.2. The van der Waals surface area contributed by atoms with E-state index in [0.29, 0.717) is 6.42 Å². The lowest BCUT2D eigenvalue weighted by atomic mass is 10.2. The number of nitrogens with zero attached hydrogens (tertiary/aromatic N) is 1. The molecule has 0 atom stereocenters. The molecule has 0 spiro atoms. The van der Waals surface area contributed by atoms with Crippen molar-refractivity contribution in [1.82, 2.24) is 5.32 Å². The summed E-state index contributed by atoms with van der Waals surface area (Å²) in [6.07, 6.45) is 1.54. The van der Waals surface area contributed by atoms with Gasteiger partial charge in [0.2, 0.25) is 5.91 Å². The van der Waals surface area contributed by atoms with Crippen LogP contribution in [0.5, 0.6) is 0 Å². The molecule has 2 aromatic rings. The zero-order valence-corrected chi connectivity index (χ0v) is 15.1. The number of nitrogens with one attached hydrogen (secondary N) is 1. The molecule has 0 heterocycles. The minimum Gasteiger partial charge on any atom is -0.375 e. The van der Waals surface area contributed by atoms with Crippen LogP contribution in [-0.4, -0.2) is 31.8 Å². The highest BCUT2D eigenvalue weighted by Crippen LogP contribution is 2.12. The van der Waals surface area contributed by atoms with Crippen molar-refractivity contribution in [3.63, 3.8) is 0 Å². The van der Waals surface area contributed by atoms with Crippen LogP contribution >= 0.6 is 11.8 Å². The van der Waals surface area contributed by atoms with Crippen molar-refractivity contribution in [3.8, 4) is 0 Å². The highest BCUT2D eigenvalue weighted by Gasteiger charge is 2.03. The van der Waals surface area contributed by atoms with Gasteiger partial charge in [-0.05, 0) is 24.1 Å². The summed E-state index contributed by atoms with van der Waals surface area (Å²) in [6.45, 7) is 1.67. The summed E-state index contributed by atoms with van der Waals surface area (Å²) in [5, 5.41) is 3.01. The summed E-state index contributed by atoms with van der Waals surface area (Å²) in [5.74, 6) is 1.98. The Labute approximate surface area is 149 Å². The Morgan fingerprint density at radius 2 is 1.71 bits per heavy atom. The predicted molar refractivity (Wildman–Crippen MR) is 105 cm³/mol. The third-order valence-electron chi connectivity index (χ3n) is 3.77. The molecule has 0 radical (unpaired) electrons. The third-order valence-corrected chi connectivity index (χ3v) is 4.80. The van der Waals surface area contributed by atoms with Crippen LogP contribution in [0.15, 0.2) is 60.7 Å². The molecule has 128 valence electrons. The van der Waals surface area contributed by atoms with Crippen LogP contribution in [0.25, 0.3) is 0 Å². The fourth-order valence-corrected chi connectivity index (χ4v) is 3.28. The Morgan fingerprint density at radius 3 is 2.42 bits per heavy atom. The van der Waals surface area contributed by atoms with Gasteiger partial charge in [0.05, 0.1) is 0 Å². The first kappa shape index (κ1) is 18.4. The Hall–Kier alpha value is -1.94. The Bertz CT molecular complexity index is 589. The van der Waals surface area contributed by atoms with Crippen molar-refractivity contribution < 1.29 is 4.79 Å². The number of para-hydroxylation sites is 1. The maximum Gasteiger partial charge on any atom is 0.220 e. The SMILES string of the molecule is CN(CCCNC(=O)CCSCc1ccccc1)c1ccccc1. The average Bonchev–Trinajstić information content (AvgIpc) is 2.64. The monoisotopic (exact) mass is 342 g/mol. The summed E-state index contributed by atoms with van der Waals surface area (Å²) < 4.78 is 0. The molecular weight excluding hydrogens is 316 g/mol. The van der Waals surface area contributed by atoms with Gasteiger partial charge in [-0.25, -0.2) is 0 Å². The maximum absolute atomic E-state index is 11.8. The van der Waals surface area contributed by atoms with Crippen LogP contribution < -0.4 is 10.2 Å². The van der Waals surface area contributed by atoms with Gasteiger partial charge in [-0.15, -0.1) is 0 Å². The van der Waals surface area contributed by atoms with Crippen LogP contribution in [0.4, 0.5) is 5.69 Å². The number of amides is 1. The number of benzene rings is 2. The van der Waals surface area contributed by atoms with Gasteiger partial charge in [0.25, 0.3) is 0 Å². The molecule has 0 aliphatic heterocycles. The summed E-state index contributed by atoms with van der Waals surface area (Å²) in [4.78, 5) is 14.0. The minimum absolute atomic E-state index is 0.151. The molecule has 0 unspecified atom stereocenters. The second-order valence-corrected chi connectivity index (χ2v) is 6.85. The second kappa shape index (κ2) is 10.8. The number of rotatable bonds is 10. The van der Waals surface area contributed by atoms with Crippen molar-refractivity contribution in [1.29, 1.82) is 0 Å². The topological polar surface area (TPSA) is 32.3 Å². The molecule has 0 aliphatic carbocycles. The van der Waals surface area contributed by atoms with Gasteiger partial charge < -0.3 is 10.2 Å². The van der Waals surface area contributed by atoms with Crippen molar-refractivity contribution in [2.24, 2.45) is 0 Å². The van der Waals surface area contributed by atoms with Gasteiger partial charge in [0, 0.05) is 43.8 Å². The van der Waals surface area contributed by atoms with E-state index in [4.69, 9.17) is 0 Å². The summed E-state index contributed by atoms with van der Waals surface area (Å²) in [5.41, 5.74) is 2.52. The minimum atomic E-state index is 0.151. The Balaban J connectivity index is 1.50. The molecule has 0 bridgehead atoms. The number of carbonyl (C=O) groups excluding carboxylic acids is 1. The van der Waals surface area contributed by atoms with Crippen molar-refractivity contribution in [2.75, 3.05) is 30.8 Å². The number of thioether (sulfide) groups is 1. The molecule has 1 N–H and O–H groups in total. The summed E-state index contributed by atoms with van der Waals surface area (Å²) in [6, 6.07) is 20.7. The van der Waals surface area contributed by atoms with E-state index >= 15 is 0 Å². The molecule has 3 nitrogen and oxygen atoms in total. The van der Waals surface area contributed by atoms with Crippen molar-refractivity contribution >= 4 is 23.4 Å². The fraction of sp³-hybridized carbons (Fsp3) is 0.350. The lowest BCUT2D eigenvalue weighted by molar-refractivity contribution is -0.120. The van der Waals surface area contributed by atoms with E-state index in [1.807, 2.05) is 24.3 Å². The standard InChI is InChI=1S/C20H26N2OS/c1-22(19-11-6-3-7-12-19)15-8-14-21-20(23)13-16-24-17-18-9-4-2-5-10-18/h2-7,9-12H,8,13-17H2,1H3,(H,21,23). The van der Waals surface area contributed by atoms with Crippen molar-refractivity contribution in [3.05, 3.63) is 66.2 Å². The number of anilines is 1. The molecule has 4 heteroatoms. The Kier molecular flexibility index (Phi) is 8.25. The number of carbonyl (C=O) groups is 1. The first-order chi connectivity index (χ1) is 11.8. The largest absolute Gasteiger partial charge is 0.375 e. The van der Waals surface area contributed by atoms with Gasteiger partial charge >= 0.3 is 0 Å². The lowest BCUT2D eigenvalue weighted by Crippen LogP contribution is -2.28. The summed E-state index contributed by atoms with van der Waals surface area (Å²) >= 11 is 1.81. The molecule has 0 saturated heterocycles. The quantitative estimate of drug-likeness (QED) is 0.664. The van der Waals surface area contributed by atoms with Gasteiger partial charge in [-0.1, -0.05) is 48.5 Å². The van der Waals surface area contributed by atoms with Crippen LogP contribution in [0.2, 0.25) is 0 Å². The molecular formula is C20H26N2OS. The number of hydrogen-bond donors (Lipinski definition) is 1. The predicted octanol–water partition coefficient (Wildman–Crippen LogP) is 3.95. The molecule has 0 aromatic heterocycles. The summed E-state index contributed by atoms with van der Waals surface area (Å²) in [7, 11) is 2.08. The van der Waals surface area contributed by atoms with E-state index in [0.717, 1.165) is 31.0 Å². The van der Waals surface area contributed by atoms with Gasteiger partial charge in [0.15, 0.2) is 0 Å². The first-order valence-corrected chi connectivity index (χ1v) is 9.56. The molecule has 1 amide bonds. The first-order valence-electron chi connectivity index (χ1n) is 8.40. The maximum atomic E-state index is 11.8. The van der Waals surface area contributed by atoms with E-state index < -0.39 is 0 Å². The van der Waals surface area contributed by atoms with E-state index in [2.05, 4.69) is 53.7 Å². The second-order valence-electron chi connectivity index (χ2n) is 5.75. The van der Waals surface area contributed by atoms with E-state index in [1.165, 1.54) is 11.3 Å². The molecule has 2 rings (SSSR count). The van der Waals surface area contributed by atoms with Gasteiger partial charge in [0.1, 0.15) is 0 Å².